The third-order valence-electron chi connectivity index (χ3n) is 4.36. The second kappa shape index (κ2) is 8.67. The minimum absolute atomic E-state index is 0.109. The van der Waals surface area contributed by atoms with Crippen molar-refractivity contribution in [3.63, 3.8) is 0 Å². The van der Waals surface area contributed by atoms with Crippen molar-refractivity contribution in [3.05, 3.63) is 63.8 Å². The first-order valence-corrected chi connectivity index (χ1v) is 9.68. The van der Waals surface area contributed by atoms with Gasteiger partial charge >= 0.3 is 0 Å². The number of fused-ring (bicyclic) bond motifs is 1. The van der Waals surface area contributed by atoms with Gasteiger partial charge in [0.15, 0.2) is 5.76 Å². The van der Waals surface area contributed by atoms with Crippen LogP contribution in [0.2, 0.25) is 10.0 Å². The molecule has 7 heteroatoms. The van der Waals surface area contributed by atoms with Crippen molar-refractivity contribution >= 4 is 51.7 Å². The second-order valence-electron chi connectivity index (χ2n) is 6.45. The molecule has 0 bridgehead atoms. The van der Waals surface area contributed by atoms with Gasteiger partial charge in [-0.15, -0.1) is 0 Å². The van der Waals surface area contributed by atoms with E-state index in [1.165, 1.54) is 4.90 Å². The number of benzene rings is 2. The molecule has 2 aromatic carbocycles. The second-order valence-corrected chi connectivity index (χ2v) is 7.30. The molecule has 1 aromatic heterocycles. The standard InChI is InChI=1S/C21H20Cl2N2O3/c1-3-10-25(12-19(26)24-17-9-8-14(22)11-16(17)23)21(27)20-13(2)15-6-4-5-7-18(15)28-20/h4-9,11H,3,10,12H2,1-2H3,(H,24,26). The number of furan rings is 1. The van der Waals surface area contributed by atoms with E-state index in [1.807, 2.05) is 38.1 Å². The molecule has 3 aromatic rings. The van der Waals surface area contributed by atoms with E-state index in [0.29, 0.717) is 34.3 Å². The van der Waals surface area contributed by atoms with Gasteiger partial charge in [0, 0.05) is 22.5 Å². The molecule has 28 heavy (non-hydrogen) atoms. The highest BCUT2D eigenvalue weighted by Crippen LogP contribution is 2.27. The number of rotatable bonds is 6. The summed E-state index contributed by atoms with van der Waals surface area (Å²) in [6.45, 7) is 4.11. The first-order chi connectivity index (χ1) is 13.4. The van der Waals surface area contributed by atoms with Gasteiger partial charge in [-0.05, 0) is 37.6 Å². The van der Waals surface area contributed by atoms with E-state index in [-0.39, 0.29) is 24.1 Å². The van der Waals surface area contributed by atoms with Crippen molar-refractivity contribution in [2.24, 2.45) is 0 Å². The summed E-state index contributed by atoms with van der Waals surface area (Å²) in [5, 5.41) is 4.42. The number of carbonyl (C=O) groups excluding carboxylic acids is 2. The fraction of sp³-hybridized carbons (Fsp3) is 0.238. The van der Waals surface area contributed by atoms with Gasteiger partial charge in [-0.25, -0.2) is 0 Å². The van der Waals surface area contributed by atoms with Crippen LogP contribution in [0, 0.1) is 6.92 Å². The Morgan fingerprint density at radius 2 is 1.89 bits per heavy atom. The predicted octanol–water partition coefficient (Wildman–Crippen LogP) is 5.54. The van der Waals surface area contributed by atoms with Crippen molar-refractivity contribution in [1.29, 1.82) is 0 Å². The number of aryl methyl sites for hydroxylation is 1. The van der Waals surface area contributed by atoms with Crippen LogP contribution < -0.4 is 5.32 Å². The van der Waals surface area contributed by atoms with Crippen LogP contribution in [0.15, 0.2) is 46.9 Å². The third-order valence-corrected chi connectivity index (χ3v) is 4.91. The van der Waals surface area contributed by atoms with E-state index < -0.39 is 0 Å². The molecular formula is C21H20Cl2N2O3. The maximum absolute atomic E-state index is 13.0. The summed E-state index contributed by atoms with van der Waals surface area (Å²) in [6, 6.07) is 12.3. The number of anilines is 1. The van der Waals surface area contributed by atoms with E-state index in [1.54, 1.807) is 18.2 Å². The van der Waals surface area contributed by atoms with Crippen LogP contribution >= 0.6 is 23.2 Å². The molecule has 0 atom stereocenters. The fourth-order valence-electron chi connectivity index (χ4n) is 3.00. The van der Waals surface area contributed by atoms with Crippen LogP contribution in [0.5, 0.6) is 0 Å². The van der Waals surface area contributed by atoms with E-state index in [4.69, 9.17) is 27.6 Å². The summed E-state index contributed by atoms with van der Waals surface area (Å²) in [5.41, 5.74) is 1.86. The molecule has 2 amide bonds. The average Bonchev–Trinajstić information content (AvgIpc) is 3.00. The van der Waals surface area contributed by atoms with Crippen molar-refractivity contribution in [1.82, 2.24) is 4.90 Å². The lowest BCUT2D eigenvalue weighted by atomic mass is 10.1. The van der Waals surface area contributed by atoms with E-state index in [2.05, 4.69) is 5.32 Å². The fourth-order valence-corrected chi connectivity index (χ4v) is 3.45. The summed E-state index contributed by atoms with van der Waals surface area (Å²) in [5.74, 6) is -0.403. The molecule has 0 radical (unpaired) electrons. The number of halogens is 2. The molecule has 5 nitrogen and oxygen atoms in total. The predicted molar refractivity (Wildman–Crippen MR) is 112 cm³/mol. The number of amides is 2. The Bertz CT molecular complexity index is 1030. The number of hydrogen-bond donors (Lipinski definition) is 1. The molecule has 1 heterocycles. The molecule has 0 aliphatic carbocycles. The molecule has 0 saturated heterocycles. The Kier molecular flexibility index (Phi) is 6.27. The summed E-state index contributed by atoms with van der Waals surface area (Å²) < 4.78 is 5.76. The smallest absolute Gasteiger partial charge is 0.290 e. The Morgan fingerprint density at radius 3 is 2.57 bits per heavy atom. The van der Waals surface area contributed by atoms with Crippen LogP contribution in [-0.4, -0.2) is 29.8 Å². The zero-order valence-corrected chi connectivity index (χ0v) is 17.1. The van der Waals surface area contributed by atoms with Gasteiger partial charge in [0.25, 0.3) is 5.91 Å². The quantitative estimate of drug-likeness (QED) is 0.571. The van der Waals surface area contributed by atoms with Gasteiger partial charge in [0.05, 0.1) is 10.7 Å². The molecule has 0 aliphatic heterocycles. The average molecular weight is 419 g/mol. The number of nitrogens with one attached hydrogen (secondary N) is 1. The van der Waals surface area contributed by atoms with Crippen LogP contribution in [0.1, 0.15) is 29.5 Å². The Balaban J connectivity index is 1.79. The zero-order chi connectivity index (χ0) is 20.3. The topological polar surface area (TPSA) is 62.6 Å². The van der Waals surface area contributed by atoms with Crippen LogP contribution in [-0.2, 0) is 4.79 Å². The van der Waals surface area contributed by atoms with Gasteiger partial charge in [-0.2, -0.15) is 0 Å². The molecule has 0 saturated carbocycles. The minimum Gasteiger partial charge on any atom is -0.451 e. The maximum Gasteiger partial charge on any atom is 0.290 e. The summed E-state index contributed by atoms with van der Waals surface area (Å²) in [7, 11) is 0. The highest BCUT2D eigenvalue weighted by molar-refractivity contribution is 6.36. The van der Waals surface area contributed by atoms with Crippen molar-refractivity contribution in [2.45, 2.75) is 20.3 Å². The van der Waals surface area contributed by atoms with Crippen molar-refractivity contribution < 1.29 is 14.0 Å². The number of carbonyl (C=O) groups is 2. The van der Waals surface area contributed by atoms with Crippen LogP contribution in [0.4, 0.5) is 5.69 Å². The Hall–Kier alpha value is -2.50. The molecule has 3 rings (SSSR count). The lowest BCUT2D eigenvalue weighted by molar-refractivity contribution is -0.116. The van der Waals surface area contributed by atoms with Gasteiger partial charge in [-0.3, -0.25) is 9.59 Å². The third kappa shape index (κ3) is 4.32. The monoisotopic (exact) mass is 418 g/mol. The SMILES string of the molecule is CCCN(CC(=O)Nc1ccc(Cl)cc1Cl)C(=O)c1oc2ccccc2c1C. The molecular weight excluding hydrogens is 399 g/mol. The maximum atomic E-state index is 13.0. The minimum atomic E-state index is -0.347. The summed E-state index contributed by atoms with van der Waals surface area (Å²) in [6.07, 6.45) is 0.708. The van der Waals surface area contributed by atoms with Crippen molar-refractivity contribution in [2.75, 3.05) is 18.4 Å². The van der Waals surface area contributed by atoms with Gasteiger partial charge in [-0.1, -0.05) is 48.3 Å². The highest BCUT2D eigenvalue weighted by Gasteiger charge is 2.24. The molecule has 146 valence electrons. The molecule has 0 aliphatic rings. The Labute approximate surface area is 173 Å². The molecule has 0 spiro atoms. The van der Waals surface area contributed by atoms with E-state index >= 15 is 0 Å². The van der Waals surface area contributed by atoms with E-state index in [0.717, 1.165) is 10.9 Å². The van der Waals surface area contributed by atoms with Gasteiger partial charge < -0.3 is 14.6 Å². The molecule has 0 fully saturated rings. The first-order valence-electron chi connectivity index (χ1n) is 8.93. The van der Waals surface area contributed by atoms with E-state index in [9.17, 15) is 9.59 Å². The summed E-state index contributed by atoms with van der Waals surface area (Å²) >= 11 is 12.0. The normalized spacial score (nSPS) is 10.9. The molecule has 0 unspecified atom stereocenters. The molecule has 1 N–H and O–H groups in total. The van der Waals surface area contributed by atoms with Gasteiger partial charge in [0.2, 0.25) is 5.91 Å². The highest BCUT2D eigenvalue weighted by atomic mass is 35.5. The first kappa shape index (κ1) is 20.2. The van der Waals surface area contributed by atoms with Crippen LogP contribution in [0.3, 0.4) is 0 Å². The lowest BCUT2D eigenvalue weighted by Gasteiger charge is -2.21. The largest absolute Gasteiger partial charge is 0.451 e. The Morgan fingerprint density at radius 1 is 1.14 bits per heavy atom. The zero-order valence-electron chi connectivity index (χ0n) is 15.6. The number of para-hydroxylation sites is 1. The van der Waals surface area contributed by atoms with Gasteiger partial charge in [0.1, 0.15) is 12.1 Å². The lowest BCUT2D eigenvalue weighted by Crippen LogP contribution is -2.38. The number of hydrogen-bond acceptors (Lipinski definition) is 3. The summed E-state index contributed by atoms with van der Waals surface area (Å²) in [4.78, 5) is 27.0. The van der Waals surface area contributed by atoms with Crippen LogP contribution in [0.25, 0.3) is 11.0 Å². The number of nitrogens with zero attached hydrogens (tertiary/aromatic N) is 1. The van der Waals surface area contributed by atoms with Crippen molar-refractivity contribution in [3.8, 4) is 0 Å².